The predicted molar refractivity (Wildman–Crippen MR) is 102 cm³/mol. The van der Waals surface area contributed by atoms with Gasteiger partial charge in [-0.05, 0) is 31.0 Å². The second-order valence-electron chi connectivity index (χ2n) is 5.77. The summed E-state index contributed by atoms with van der Waals surface area (Å²) < 4.78 is 0. The molecule has 0 aromatic carbocycles. The van der Waals surface area contributed by atoms with E-state index in [0.29, 0.717) is 28.7 Å². The maximum atomic E-state index is 9.49. The first-order valence-electron chi connectivity index (χ1n) is 8.35. The minimum atomic E-state index is 0.378. The molecule has 26 heavy (non-hydrogen) atoms. The van der Waals surface area contributed by atoms with Crippen LogP contribution in [0.25, 0.3) is 11.4 Å². The minimum absolute atomic E-state index is 0.378. The van der Waals surface area contributed by atoms with E-state index in [9.17, 15) is 5.26 Å². The number of rotatable bonds is 5. The van der Waals surface area contributed by atoms with Gasteiger partial charge in [-0.25, -0.2) is 15.0 Å². The molecule has 1 saturated heterocycles. The summed E-state index contributed by atoms with van der Waals surface area (Å²) in [7, 11) is 1.65. The van der Waals surface area contributed by atoms with Crippen LogP contribution < -0.4 is 16.0 Å². The lowest BCUT2D eigenvalue weighted by molar-refractivity contribution is 0.949. The van der Waals surface area contributed by atoms with Crippen molar-refractivity contribution in [1.82, 2.24) is 15.0 Å². The first-order chi connectivity index (χ1) is 12.7. The highest BCUT2D eigenvalue weighted by atomic mass is 15.2. The second kappa shape index (κ2) is 8.07. The zero-order valence-corrected chi connectivity index (χ0v) is 14.6. The molecule has 8 heteroatoms. The lowest BCUT2D eigenvalue weighted by Gasteiger charge is -2.18. The molecule has 2 aromatic rings. The summed E-state index contributed by atoms with van der Waals surface area (Å²) >= 11 is 0. The van der Waals surface area contributed by atoms with E-state index in [0.717, 1.165) is 31.6 Å². The van der Waals surface area contributed by atoms with Gasteiger partial charge in [-0.3, -0.25) is 4.99 Å². The number of nitrogens with zero attached hydrogens (tertiary/aromatic N) is 6. The monoisotopic (exact) mass is 348 g/mol. The fourth-order valence-corrected chi connectivity index (χ4v) is 2.84. The van der Waals surface area contributed by atoms with Crippen LogP contribution in [0.2, 0.25) is 0 Å². The third kappa shape index (κ3) is 3.78. The molecule has 2 aromatic heterocycles. The smallest absolute Gasteiger partial charge is 0.227 e. The molecular weight excluding hydrogens is 328 g/mol. The number of hydrogen-bond acceptors (Lipinski definition) is 8. The van der Waals surface area contributed by atoms with Gasteiger partial charge in [0.2, 0.25) is 5.95 Å². The van der Waals surface area contributed by atoms with E-state index in [-0.39, 0.29) is 0 Å². The van der Waals surface area contributed by atoms with Crippen molar-refractivity contribution in [1.29, 1.82) is 5.26 Å². The van der Waals surface area contributed by atoms with Crippen LogP contribution in [0.3, 0.4) is 0 Å². The van der Waals surface area contributed by atoms with Crippen molar-refractivity contribution < 1.29 is 0 Å². The summed E-state index contributed by atoms with van der Waals surface area (Å²) in [5.74, 6) is 0.378. The lowest BCUT2D eigenvalue weighted by atomic mass is 10.2. The Morgan fingerprint density at radius 2 is 2.04 bits per heavy atom. The Kier molecular flexibility index (Phi) is 5.39. The van der Waals surface area contributed by atoms with Gasteiger partial charge >= 0.3 is 0 Å². The number of aromatic nitrogens is 3. The molecule has 0 spiro atoms. The van der Waals surface area contributed by atoms with E-state index in [1.165, 1.54) is 6.20 Å². The first kappa shape index (κ1) is 17.4. The Balaban J connectivity index is 1.89. The Morgan fingerprint density at radius 1 is 1.27 bits per heavy atom. The normalized spacial score (nSPS) is 14.6. The third-order valence-corrected chi connectivity index (χ3v) is 4.05. The zero-order chi connectivity index (χ0) is 18.4. The maximum absolute atomic E-state index is 9.49. The van der Waals surface area contributed by atoms with Crippen molar-refractivity contribution in [3.8, 4) is 17.5 Å². The number of pyridine rings is 1. The Morgan fingerprint density at radius 3 is 2.73 bits per heavy atom. The molecular formula is C18H20N8. The maximum Gasteiger partial charge on any atom is 0.227 e. The van der Waals surface area contributed by atoms with Gasteiger partial charge in [-0.2, -0.15) is 5.26 Å². The van der Waals surface area contributed by atoms with E-state index < -0.39 is 0 Å². The molecule has 0 amide bonds. The minimum Gasteiger partial charge on any atom is -0.403 e. The highest BCUT2D eigenvalue weighted by Crippen LogP contribution is 2.26. The molecule has 3 N–H and O–H groups in total. The number of anilines is 2. The number of nitrogens with one attached hydrogen (secondary N) is 1. The van der Waals surface area contributed by atoms with Crippen LogP contribution in [0.15, 0.2) is 41.3 Å². The standard InChI is InChI=1S/C18H20N8/c1-21-12-13(10-19)23-18-22-7-6-15(25-18)14-4-5-17(16(11-20)24-14)26-8-2-3-9-26/h4-7,10,12H,2-3,8-9,19H2,1H3,(H,22,23,25). The van der Waals surface area contributed by atoms with Gasteiger partial charge in [0.1, 0.15) is 6.07 Å². The van der Waals surface area contributed by atoms with Crippen LogP contribution >= 0.6 is 0 Å². The molecule has 1 aliphatic heterocycles. The second-order valence-corrected chi connectivity index (χ2v) is 5.77. The SMILES string of the molecule is CN=CC(=CN)Nc1nccc(-c2ccc(N3CCCC3)c(C#N)n2)n1. The molecule has 0 aliphatic carbocycles. The van der Waals surface area contributed by atoms with Crippen molar-refractivity contribution in [3.05, 3.63) is 42.0 Å². The van der Waals surface area contributed by atoms with E-state index in [4.69, 9.17) is 5.73 Å². The molecule has 132 valence electrons. The molecule has 1 fully saturated rings. The Labute approximate surface area is 152 Å². The van der Waals surface area contributed by atoms with Gasteiger partial charge in [0.15, 0.2) is 5.69 Å². The molecule has 3 rings (SSSR count). The van der Waals surface area contributed by atoms with Crippen molar-refractivity contribution in [2.45, 2.75) is 12.8 Å². The zero-order valence-electron chi connectivity index (χ0n) is 14.6. The molecule has 0 atom stereocenters. The van der Waals surface area contributed by atoms with Crippen molar-refractivity contribution in [2.24, 2.45) is 10.7 Å². The van der Waals surface area contributed by atoms with Crippen LogP contribution in [-0.2, 0) is 0 Å². The fraction of sp³-hybridized carbons (Fsp3) is 0.278. The quantitative estimate of drug-likeness (QED) is 0.793. The molecule has 3 heterocycles. The number of hydrogen-bond donors (Lipinski definition) is 2. The van der Waals surface area contributed by atoms with Crippen LogP contribution in [-0.4, -0.2) is 41.3 Å². The number of nitrogens with two attached hydrogens (primary N) is 1. The Hall–Kier alpha value is -3.47. The lowest BCUT2D eigenvalue weighted by Crippen LogP contribution is -2.19. The highest BCUT2D eigenvalue weighted by molar-refractivity contribution is 5.82. The van der Waals surface area contributed by atoms with Gasteiger partial charge in [-0.15, -0.1) is 0 Å². The van der Waals surface area contributed by atoms with Gasteiger partial charge in [0.05, 0.1) is 22.8 Å². The van der Waals surface area contributed by atoms with E-state index >= 15 is 0 Å². The van der Waals surface area contributed by atoms with Crippen molar-refractivity contribution in [2.75, 3.05) is 30.4 Å². The van der Waals surface area contributed by atoms with E-state index in [1.54, 1.807) is 25.5 Å². The average molecular weight is 348 g/mol. The highest BCUT2D eigenvalue weighted by Gasteiger charge is 2.17. The predicted octanol–water partition coefficient (Wildman–Crippen LogP) is 1.92. The number of nitriles is 1. The fourth-order valence-electron chi connectivity index (χ4n) is 2.84. The van der Waals surface area contributed by atoms with Crippen LogP contribution in [0.4, 0.5) is 11.6 Å². The van der Waals surface area contributed by atoms with Crippen LogP contribution in [0.1, 0.15) is 18.5 Å². The molecule has 0 unspecified atom stereocenters. The molecule has 0 saturated carbocycles. The summed E-state index contributed by atoms with van der Waals surface area (Å²) in [6, 6.07) is 7.78. The third-order valence-electron chi connectivity index (χ3n) is 4.05. The van der Waals surface area contributed by atoms with Crippen molar-refractivity contribution in [3.63, 3.8) is 0 Å². The summed E-state index contributed by atoms with van der Waals surface area (Å²) in [6.45, 7) is 1.93. The van der Waals surface area contributed by atoms with Crippen LogP contribution in [0, 0.1) is 11.3 Å². The van der Waals surface area contributed by atoms with Gasteiger partial charge < -0.3 is 16.0 Å². The van der Waals surface area contributed by atoms with Gasteiger partial charge in [0.25, 0.3) is 0 Å². The molecule has 8 nitrogen and oxygen atoms in total. The van der Waals surface area contributed by atoms with E-state index in [1.807, 2.05) is 12.1 Å². The largest absolute Gasteiger partial charge is 0.403 e. The average Bonchev–Trinajstić information content (AvgIpc) is 3.22. The Bertz CT molecular complexity index is 875. The van der Waals surface area contributed by atoms with Crippen LogP contribution in [0.5, 0.6) is 0 Å². The van der Waals surface area contributed by atoms with E-state index in [2.05, 4.69) is 36.2 Å². The summed E-state index contributed by atoms with van der Waals surface area (Å²) in [5.41, 5.74) is 8.67. The topological polar surface area (TPSA) is 116 Å². The summed E-state index contributed by atoms with van der Waals surface area (Å²) in [4.78, 5) is 19.2. The van der Waals surface area contributed by atoms with Crippen molar-refractivity contribution >= 4 is 17.9 Å². The summed E-state index contributed by atoms with van der Waals surface area (Å²) in [6.07, 6.45) is 6.88. The van der Waals surface area contributed by atoms with Gasteiger partial charge in [0, 0.05) is 38.7 Å². The van der Waals surface area contributed by atoms with Gasteiger partial charge in [-0.1, -0.05) is 0 Å². The molecule has 0 radical (unpaired) electrons. The first-order valence-corrected chi connectivity index (χ1v) is 8.35. The number of aliphatic imine (C=N–C) groups is 1. The molecule has 0 bridgehead atoms. The number of allylic oxidation sites excluding steroid dienone is 1. The summed E-state index contributed by atoms with van der Waals surface area (Å²) in [5, 5.41) is 12.5. The molecule has 1 aliphatic rings.